The van der Waals surface area contributed by atoms with Crippen molar-refractivity contribution in [2.75, 3.05) is 12.9 Å². The number of aliphatic hydroxyl groups excluding tert-OH is 1. The number of rotatable bonds is 5. The summed E-state index contributed by atoms with van der Waals surface area (Å²) in [4.78, 5) is 0.905. The van der Waals surface area contributed by atoms with Gasteiger partial charge in [-0.15, -0.1) is 11.8 Å². The summed E-state index contributed by atoms with van der Waals surface area (Å²) in [6.07, 6.45) is -0.717. The van der Waals surface area contributed by atoms with E-state index in [0.29, 0.717) is 16.3 Å². The molecule has 1 atom stereocenters. The van der Waals surface area contributed by atoms with Crippen molar-refractivity contribution in [2.24, 2.45) is 0 Å². The van der Waals surface area contributed by atoms with Crippen molar-refractivity contribution in [3.63, 3.8) is 0 Å². The molecule has 0 heterocycles. The van der Waals surface area contributed by atoms with Gasteiger partial charge in [0.2, 0.25) is 0 Å². The fraction of sp³-hybridized carbons (Fsp3) is 0.200. The van der Waals surface area contributed by atoms with Crippen molar-refractivity contribution in [1.29, 1.82) is 0 Å². The first-order valence-electron chi connectivity index (χ1n) is 6.00. The lowest BCUT2D eigenvalue weighted by molar-refractivity contribution is 0.203. The van der Waals surface area contributed by atoms with E-state index < -0.39 is 11.9 Å². The monoisotopic (exact) mass is 312 g/mol. The van der Waals surface area contributed by atoms with Crippen LogP contribution in [0.2, 0.25) is 5.02 Å². The number of thioether (sulfide) groups is 1. The number of hydrogen-bond donors (Lipinski definition) is 1. The highest BCUT2D eigenvalue weighted by Gasteiger charge is 2.12. The van der Waals surface area contributed by atoms with Crippen LogP contribution in [0, 0.1) is 5.82 Å². The SMILES string of the molecule is COc1cc(C(O)CSc2ccccc2Cl)ccc1F. The van der Waals surface area contributed by atoms with Crippen LogP contribution in [0.1, 0.15) is 11.7 Å². The summed E-state index contributed by atoms with van der Waals surface area (Å²) in [5.41, 5.74) is 0.614. The maximum Gasteiger partial charge on any atom is 0.165 e. The summed E-state index contributed by atoms with van der Waals surface area (Å²) in [7, 11) is 1.40. The van der Waals surface area contributed by atoms with Gasteiger partial charge in [-0.25, -0.2) is 4.39 Å². The third-order valence-electron chi connectivity index (χ3n) is 2.79. The molecule has 2 nitrogen and oxygen atoms in total. The smallest absolute Gasteiger partial charge is 0.165 e. The van der Waals surface area contributed by atoms with Crippen molar-refractivity contribution in [3.05, 3.63) is 58.9 Å². The molecule has 0 radical (unpaired) electrons. The Morgan fingerprint density at radius 1 is 1.30 bits per heavy atom. The van der Waals surface area contributed by atoms with E-state index in [1.54, 1.807) is 12.1 Å². The largest absolute Gasteiger partial charge is 0.494 e. The lowest BCUT2D eigenvalue weighted by Gasteiger charge is -2.13. The van der Waals surface area contributed by atoms with Crippen LogP contribution in [0.15, 0.2) is 47.4 Å². The van der Waals surface area contributed by atoms with E-state index in [9.17, 15) is 9.50 Å². The van der Waals surface area contributed by atoms with E-state index in [0.717, 1.165) is 4.90 Å². The Balaban J connectivity index is 2.05. The molecule has 106 valence electrons. The predicted octanol–water partition coefficient (Wildman–Crippen LogP) is 4.31. The highest BCUT2D eigenvalue weighted by molar-refractivity contribution is 7.99. The molecule has 0 amide bonds. The molecule has 0 aliphatic heterocycles. The Hall–Kier alpha value is -1.23. The molecule has 1 unspecified atom stereocenters. The Kier molecular flexibility index (Phi) is 5.29. The quantitative estimate of drug-likeness (QED) is 0.834. The van der Waals surface area contributed by atoms with E-state index in [1.807, 2.05) is 18.2 Å². The molecular formula is C15H14ClFO2S. The summed E-state index contributed by atoms with van der Waals surface area (Å²) in [5, 5.41) is 10.8. The lowest BCUT2D eigenvalue weighted by Crippen LogP contribution is -2.02. The van der Waals surface area contributed by atoms with Crippen LogP contribution in [0.5, 0.6) is 5.75 Å². The summed E-state index contributed by atoms with van der Waals surface area (Å²) in [5.74, 6) is 0.116. The predicted molar refractivity (Wildman–Crippen MR) is 80.1 cm³/mol. The summed E-state index contributed by atoms with van der Waals surface area (Å²) in [6, 6.07) is 11.8. The highest BCUT2D eigenvalue weighted by atomic mass is 35.5. The second-order valence-electron chi connectivity index (χ2n) is 4.15. The molecule has 5 heteroatoms. The molecule has 0 aliphatic rings. The number of benzene rings is 2. The van der Waals surface area contributed by atoms with Crippen LogP contribution < -0.4 is 4.74 Å². The summed E-state index contributed by atoms with van der Waals surface area (Å²) < 4.78 is 18.2. The van der Waals surface area contributed by atoms with Gasteiger partial charge in [-0.1, -0.05) is 29.8 Å². The molecule has 0 saturated heterocycles. The van der Waals surface area contributed by atoms with Gasteiger partial charge in [0.15, 0.2) is 11.6 Å². The zero-order valence-corrected chi connectivity index (χ0v) is 12.4. The molecule has 20 heavy (non-hydrogen) atoms. The number of ether oxygens (including phenoxy) is 1. The molecule has 0 spiro atoms. The maximum atomic E-state index is 13.3. The lowest BCUT2D eigenvalue weighted by atomic mass is 10.1. The average Bonchev–Trinajstić information content (AvgIpc) is 2.46. The number of aliphatic hydroxyl groups is 1. The van der Waals surface area contributed by atoms with Crippen LogP contribution >= 0.6 is 23.4 Å². The van der Waals surface area contributed by atoms with E-state index in [2.05, 4.69) is 0 Å². The molecule has 0 aromatic heterocycles. The molecule has 0 aliphatic carbocycles. The zero-order valence-electron chi connectivity index (χ0n) is 10.8. The van der Waals surface area contributed by atoms with Gasteiger partial charge in [0.05, 0.1) is 18.2 Å². The standard InChI is InChI=1S/C15H14ClFO2S/c1-19-14-8-10(6-7-12(14)17)13(18)9-20-15-5-3-2-4-11(15)16/h2-8,13,18H,9H2,1H3. The van der Waals surface area contributed by atoms with Crippen molar-refractivity contribution in [1.82, 2.24) is 0 Å². The maximum absolute atomic E-state index is 13.3. The van der Waals surface area contributed by atoms with Gasteiger partial charge >= 0.3 is 0 Å². The van der Waals surface area contributed by atoms with Gasteiger partial charge in [0, 0.05) is 10.6 Å². The van der Waals surface area contributed by atoms with Gasteiger partial charge in [-0.3, -0.25) is 0 Å². The Labute approximate surface area is 126 Å². The third kappa shape index (κ3) is 3.66. The van der Waals surface area contributed by atoms with Gasteiger partial charge in [0.1, 0.15) is 0 Å². The van der Waals surface area contributed by atoms with E-state index in [-0.39, 0.29) is 5.75 Å². The Bertz CT molecular complexity index is 592. The van der Waals surface area contributed by atoms with Crippen LogP contribution in [-0.2, 0) is 0 Å². The van der Waals surface area contributed by atoms with Gasteiger partial charge in [-0.2, -0.15) is 0 Å². The van der Waals surface area contributed by atoms with E-state index in [4.69, 9.17) is 16.3 Å². The fourth-order valence-corrected chi connectivity index (χ4v) is 2.92. The van der Waals surface area contributed by atoms with Gasteiger partial charge in [-0.05, 0) is 29.8 Å². The van der Waals surface area contributed by atoms with Crippen molar-refractivity contribution < 1.29 is 14.2 Å². The van der Waals surface area contributed by atoms with Crippen molar-refractivity contribution >= 4 is 23.4 Å². The minimum atomic E-state index is -0.717. The van der Waals surface area contributed by atoms with Crippen LogP contribution in [0.25, 0.3) is 0 Å². The molecule has 2 aromatic carbocycles. The molecule has 1 N–H and O–H groups in total. The third-order valence-corrected chi connectivity index (χ3v) is 4.38. The normalized spacial score (nSPS) is 12.2. The first-order chi connectivity index (χ1) is 9.61. The molecule has 0 fully saturated rings. The fourth-order valence-electron chi connectivity index (χ4n) is 1.71. The molecule has 2 aromatic rings. The average molecular weight is 313 g/mol. The molecule has 0 saturated carbocycles. The van der Waals surface area contributed by atoms with Crippen LogP contribution in [0.3, 0.4) is 0 Å². The molecular weight excluding hydrogens is 299 g/mol. The van der Waals surface area contributed by atoms with Crippen LogP contribution in [-0.4, -0.2) is 18.0 Å². The number of methoxy groups -OCH3 is 1. The topological polar surface area (TPSA) is 29.5 Å². The summed E-state index contributed by atoms with van der Waals surface area (Å²) in [6.45, 7) is 0. The minimum Gasteiger partial charge on any atom is -0.494 e. The Morgan fingerprint density at radius 2 is 2.05 bits per heavy atom. The van der Waals surface area contributed by atoms with E-state index in [1.165, 1.54) is 31.0 Å². The highest BCUT2D eigenvalue weighted by Crippen LogP contribution is 2.31. The molecule has 2 rings (SSSR count). The first-order valence-corrected chi connectivity index (χ1v) is 7.37. The van der Waals surface area contributed by atoms with Gasteiger partial charge in [0.25, 0.3) is 0 Å². The zero-order chi connectivity index (χ0) is 14.5. The number of hydrogen-bond acceptors (Lipinski definition) is 3. The molecule has 0 bridgehead atoms. The second kappa shape index (κ2) is 6.97. The summed E-state index contributed by atoms with van der Waals surface area (Å²) >= 11 is 7.50. The van der Waals surface area contributed by atoms with Crippen LogP contribution in [0.4, 0.5) is 4.39 Å². The minimum absolute atomic E-state index is 0.129. The Morgan fingerprint density at radius 3 is 2.75 bits per heavy atom. The van der Waals surface area contributed by atoms with Crippen molar-refractivity contribution in [2.45, 2.75) is 11.0 Å². The first kappa shape index (κ1) is 15.2. The van der Waals surface area contributed by atoms with Crippen molar-refractivity contribution in [3.8, 4) is 5.75 Å². The van der Waals surface area contributed by atoms with E-state index >= 15 is 0 Å². The second-order valence-corrected chi connectivity index (χ2v) is 5.62. The van der Waals surface area contributed by atoms with Gasteiger partial charge < -0.3 is 9.84 Å². The number of halogens is 2.